The summed E-state index contributed by atoms with van der Waals surface area (Å²) in [5.41, 5.74) is 1.40. The van der Waals surface area contributed by atoms with E-state index >= 15 is 0 Å². The second kappa shape index (κ2) is 7.65. The maximum Gasteiger partial charge on any atom is 0.119 e. The van der Waals surface area contributed by atoms with Crippen molar-refractivity contribution < 1.29 is 4.74 Å². The first-order chi connectivity index (χ1) is 9.55. The summed E-state index contributed by atoms with van der Waals surface area (Å²) in [6.07, 6.45) is 2.20. The van der Waals surface area contributed by atoms with Gasteiger partial charge in [-0.05, 0) is 58.6 Å². The van der Waals surface area contributed by atoms with Gasteiger partial charge in [-0.1, -0.05) is 26.0 Å². The molecule has 0 bridgehead atoms. The van der Waals surface area contributed by atoms with E-state index in [1.54, 1.807) is 0 Å². The molecule has 1 aromatic rings. The van der Waals surface area contributed by atoms with Crippen molar-refractivity contribution in [2.45, 2.75) is 45.2 Å². The molecule has 1 unspecified atom stereocenters. The number of likely N-dealkylation sites (N-methyl/N-ethyl adjacent to an activating group) is 2. The lowest BCUT2D eigenvalue weighted by Gasteiger charge is -2.45. The maximum atomic E-state index is 5.64. The molecule has 0 aliphatic rings. The van der Waals surface area contributed by atoms with Crippen molar-refractivity contribution in [2.75, 3.05) is 27.7 Å². The van der Waals surface area contributed by atoms with Crippen LogP contribution in [0.25, 0.3) is 0 Å². The third-order valence-corrected chi connectivity index (χ3v) is 4.44. The van der Waals surface area contributed by atoms with Gasteiger partial charge in [-0.3, -0.25) is 0 Å². The van der Waals surface area contributed by atoms with Gasteiger partial charge >= 0.3 is 0 Å². The molecule has 0 heterocycles. The second-order valence-corrected chi connectivity index (χ2v) is 5.43. The summed E-state index contributed by atoms with van der Waals surface area (Å²) in [6, 6.07) is 8.74. The lowest BCUT2D eigenvalue weighted by molar-refractivity contribution is 0.0916. The van der Waals surface area contributed by atoms with Gasteiger partial charge < -0.3 is 15.0 Å². The van der Waals surface area contributed by atoms with Gasteiger partial charge in [0.1, 0.15) is 5.75 Å². The van der Waals surface area contributed by atoms with Gasteiger partial charge in [0.05, 0.1) is 12.6 Å². The van der Waals surface area contributed by atoms with Gasteiger partial charge in [-0.25, -0.2) is 0 Å². The highest BCUT2D eigenvalue weighted by Gasteiger charge is 2.37. The van der Waals surface area contributed by atoms with Crippen molar-refractivity contribution in [3.8, 4) is 5.75 Å². The molecular formula is C17H30N2O. The number of nitrogens with zero attached hydrogens (tertiary/aromatic N) is 1. The fraction of sp³-hybridized carbons (Fsp3) is 0.647. The molecule has 0 spiro atoms. The topological polar surface area (TPSA) is 24.5 Å². The monoisotopic (exact) mass is 278 g/mol. The zero-order chi connectivity index (χ0) is 15.2. The minimum atomic E-state index is 0.111. The first-order valence-corrected chi connectivity index (χ1v) is 7.63. The molecule has 0 fully saturated rings. The van der Waals surface area contributed by atoms with E-state index < -0.39 is 0 Å². The zero-order valence-electron chi connectivity index (χ0n) is 13.9. The normalized spacial score (nSPS) is 13.6. The zero-order valence-corrected chi connectivity index (χ0v) is 13.9. The number of hydrogen-bond acceptors (Lipinski definition) is 3. The van der Waals surface area contributed by atoms with Gasteiger partial charge in [-0.15, -0.1) is 0 Å². The molecule has 0 saturated carbocycles. The predicted molar refractivity (Wildman–Crippen MR) is 86.4 cm³/mol. The molecule has 20 heavy (non-hydrogen) atoms. The lowest BCUT2D eigenvalue weighted by atomic mass is 9.79. The van der Waals surface area contributed by atoms with Crippen molar-refractivity contribution >= 4 is 0 Å². The molecule has 1 atom stereocenters. The van der Waals surface area contributed by atoms with E-state index in [0.29, 0.717) is 6.61 Å². The minimum Gasteiger partial charge on any atom is -0.494 e. The third kappa shape index (κ3) is 3.33. The number of ether oxygens (including phenoxy) is 1. The van der Waals surface area contributed by atoms with E-state index in [4.69, 9.17) is 4.74 Å². The van der Waals surface area contributed by atoms with Gasteiger partial charge in [0.2, 0.25) is 0 Å². The molecule has 0 radical (unpaired) electrons. The summed E-state index contributed by atoms with van der Waals surface area (Å²) >= 11 is 0. The smallest absolute Gasteiger partial charge is 0.119 e. The largest absolute Gasteiger partial charge is 0.494 e. The molecular weight excluding hydrogens is 248 g/mol. The Morgan fingerprint density at radius 1 is 1.20 bits per heavy atom. The molecule has 0 saturated heterocycles. The second-order valence-electron chi connectivity index (χ2n) is 5.43. The SMILES string of the molecule is CCOc1cccc(C(NC)C(CC)(CC)N(C)C)c1. The molecule has 0 aliphatic carbocycles. The summed E-state index contributed by atoms with van der Waals surface area (Å²) in [6.45, 7) is 7.25. The number of benzene rings is 1. The summed E-state index contributed by atoms with van der Waals surface area (Å²) in [5.74, 6) is 0.949. The first kappa shape index (κ1) is 17.0. The average molecular weight is 278 g/mol. The van der Waals surface area contributed by atoms with Gasteiger partial charge in [0.25, 0.3) is 0 Å². The van der Waals surface area contributed by atoms with E-state index in [0.717, 1.165) is 18.6 Å². The van der Waals surface area contributed by atoms with Crippen LogP contribution < -0.4 is 10.1 Å². The highest BCUT2D eigenvalue weighted by molar-refractivity contribution is 5.32. The fourth-order valence-corrected chi connectivity index (χ4v) is 3.25. The Bertz CT molecular complexity index is 400. The Kier molecular flexibility index (Phi) is 6.50. The quantitative estimate of drug-likeness (QED) is 0.788. The molecule has 1 N–H and O–H groups in total. The molecule has 0 aliphatic heterocycles. The summed E-state index contributed by atoms with van der Waals surface area (Å²) < 4.78 is 5.64. The van der Waals surface area contributed by atoms with Crippen molar-refractivity contribution in [2.24, 2.45) is 0 Å². The van der Waals surface area contributed by atoms with E-state index in [9.17, 15) is 0 Å². The van der Waals surface area contributed by atoms with Crippen LogP contribution in [0.5, 0.6) is 5.75 Å². The number of nitrogens with one attached hydrogen (secondary N) is 1. The van der Waals surface area contributed by atoms with Crippen LogP contribution in [0.15, 0.2) is 24.3 Å². The Morgan fingerprint density at radius 2 is 1.85 bits per heavy atom. The first-order valence-electron chi connectivity index (χ1n) is 7.63. The Hall–Kier alpha value is -1.06. The highest BCUT2D eigenvalue weighted by atomic mass is 16.5. The van der Waals surface area contributed by atoms with E-state index in [1.165, 1.54) is 5.56 Å². The molecule has 1 rings (SSSR count). The van der Waals surface area contributed by atoms with E-state index in [-0.39, 0.29) is 11.6 Å². The van der Waals surface area contributed by atoms with E-state index in [1.807, 2.05) is 20.0 Å². The molecule has 3 heteroatoms. The highest BCUT2D eigenvalue weighted by Crippen LogP contribution is 2.36. The van der Waals surface area contributed by atoms with Crippen molar-refractivity contribution in [3.05, 3.63) is 29.8 Å². The number of rotatable bonds is 8. The average Bonchev–Trinajstić information content (AvgIpc) is 2.45. The Balaban J connectivity index is 3.19. The van der Waals surface area contributed by atoms with Crippen LogP contribution in [-0.4, -0.2) is 38.2 Å². The predicted octanol–water partition coefficient (Wildman–Crippen LogP) is 3.47. The molecule has 0 amide bonds. The Morgan fingerprint density at radius 3 is 2.30 bits per heavy atom. The van der Waals surface area contributed by atoms with Crippen molar-refractivity contribution in [1.82, 2.24) is 10.2 Å². The maximum absolute atomic E-state index is 5.64. The van der Waals surface area contributed by atoms with Crippen LogP contribution in [0.2, 0.25) is 0 Å². The lowest BCUT2D eigenvalue weighted by Crippen LogP contribution is -2.52. The van der Waals surface area contributed by atoms with Crippen LogP contribution in [0.3, 0.4) is 0 Å². The molecule has 3 nitrogen and oxygen atoms in total. The van der Waals surface area contributed by atoms with Crippen molar-refractivity contribution in [1.29, 1.82) is 0 Å². The third-order valence-electron chi connectivity index (χ3n) is 4.44. The van der Waals surface area contributed by atoms with Crippen molar-refractivity contribution in [3.63, 3.8) is 0 Å². The van der Waals surface area contributed by atoms with Crippen LogP contribution >= 0.6 is 0 Å². The minimum absolute atomic E-state index is 0.111. The van der Waals surface area contributed by atoms with Crippen LogP contribution in [-0.2, 0) is 0 Å². The summed E-state index contributed by atoms with van der Waals surface area (Å²) in [4.78, 5) is 2.35. The fourth-order valence-electron chi connectivity index (χ4n) is 3.25. The summed E-state index contributed by atoms with van der Waals surface area (Å²) in [7, 11) is 6.38. The molecule has 1 aromatic carbocycles. The molecule has 0 aromatic heterocycles. The summed E-state index contributed by atoms with van der Waals surface area (Å²) in [5, 5.41) is 3.51. The van der Waals surface area contributed by atoms with Crippen LogP contribution in [0, 0.1) is 0 Å². The van der Waals surface area contributed by atoms with Gasteiger partial charge in [0.15, 0.2) is 0 Å². The van der Waals surface area contributed by atoms with Crippen LogP contribution in [0.4, 0.5) is 0 Å². The molecule has 114 valence electrons. The van der Waals surface area contributed by atoms with Gasteiger partial charge in [0, 0.05) is 5.54 Å². The van der Waals surface area contributed by atoms with E-state index in [2.05, 4.69) is 56.4 Å². The van der Waals surface area contributed by atoms with Crippen LogP contribution in [0.1, 0.15) is 45.2 Å². The Labute approximate surface area is 124 Å². The number of hydrogen-bond donors (Lipinski definition) is 1. The van der Waals surface area contributed by atoms with Gasteiger partial charge in [-0.2, -0.15) is 0 Å². The standard InChI is InChI=1S/C17H30N2O/c1-7-17(8-2,19(5)6)16(18-4)14-11-10-12-15(13-14)20-9-3/h10-13,16,18H,7-9H2,1-6H3.